The van der Waals surface area contributed by atoms with Crippen LogP contribution in [0.4, 0.5) is 0 Å². The molecule has 0 aromatic heterocycles. The Balaban J connectivity index is 0.00000280. The molecule has 2 aliphatic heterocycles. The van der Waals surface area contributed by atoms with E-state index in [9.17, 15) is 18.0 Å². The molecule has 3 rings (SSSR count). The third kappa shape index (κ3) is 5.30. The van der Waals surface area contributed by atoms with E-state index in [1.807, 2.05) is 0 Å². The molecular formula is C18H26ClN3O5S. The van der Waals surface area contributed by atoms with Gasteiger partial charge in [-0.3, -0.25) is 9.59 Å². The summed E-state index contributed by atoms with van der Waals surface area (Å²) in [4.78, 5) is 25.6. The molecule has 8 nitrogen and oxygen atoms in total. The summed E-state index contributed by atoms with van der Waals surface area (Å²) in [5.74, 6) is -0.0928. The molecule has 1 unspecified atom stereocenters. The first-order valence-corrected chi connectivity index (χ1v) is 10.5. The van der Waals surface area contributed by atoms with Gasteiger partial charge in [-0.2, -0.15) is 4.31 Å². The Hall–Kier alpha value is -1.52. The fourth-order valence-electron chi connectivity index (χ4n) is 3.28. The van der Waals surface area contributed by atoms with Crippen molar-refractivity contribution in [2.24, 2.45) is 0 Å². The SMILES string of the molecule is CC(=O)c1ccc(S(=O)(=O)N2CCN(C(=O)CC3COCCN3)CC2)cc1.Cl. The van der Waals surface area contributed by atoms with E-state index in [0.29, 0.717) is 38.3 Å². The predicted octanol–water partition coefficient (Wildman–Crippen LogP) is 0.522. The highest BCUT2D eigenvalue weighted by atomic mass is 35.5. The van der Waals surface area contributed by atoms with Crippen LogP contribution in [0.15, 0.2) is 29.2 Å². The molecule has 0 radical (unpaired) electrons. The van der Waals surface area contributed by atoms with E-state index in [2.05, 4.69) is 5.32 Å². The van der Waals surface area contributed by atoms with Crippen molar-refractivity contribution in [1.82, 2.24) is 14.5 Å². The van der Waals surface area contributed by atoms with E-state index < -0.39 is 10.0 Å². The van der Waals surface area contributed by atoms with Crippen LogP contribution in [-0.2, 0) is 19.6 Å². The van der Waals surface area contributed by atoms with Gasteiger partial charge >= 0.3 is 0 Å². The first-order chi connectivity index (χ1) is 12.9. The van der Waals surface area contributed by atoms with Gasteiger partial charge in [-0.1, -0.05) is 12.1 Å². The number of ether oxygens (including phenoxy) is 1. The average molecular weight is 432 g/mol. The number of Topliss-reactive ketones (excluding diaryl/α,β-unsaturated/α-hetero) is 1. The maximum Gasteiger partial charge on any atom is 0.243 e. The van der Waals surface area contributed by atoms with Gasteiger partial charge in [-0.25, -0.2) is 8.42 Å². The Morgan fingerprint density at radius 1 is 1.14 bits per heavy atom. The Morgan fingerprint density at radius 2 is 1.79 bits per heavy atom. The lowest BCUT2D eigenvalue weighted by Crippen LogP contribution is -2.52. The van der Waals surface area contributed by atoms with Crippen molar-refractivity contribution in [2.45, 2.75) is 24.3 Å². The molecule has 10 heteroatoms. The minimum Gasteiger partial charge on any atom is -0.378 e. The van der Waals surface area contributed by atoms with E-state index in [1.54, 1.807) is 4.90 Å². The number of amides is 1. The zero-order valence-corrected chi connectivity index (χ0v) is 17.4. The van der Waals surface area contributed by atoms with Crippen LogP contribution in [0, 0.1) is 0 Å². The molecule has 28 heavy (non-hydrogen) atoms. The molecule has 1 aromatic carbocycles. The van der Waals surface area contributed by atoms with Crippen LogP contribution in [0.25, 0.3) is 0 Å². The Kier molecular flexibility index (Phi) is 7.97. The summed E-state index contributed by atoms with van der Waals surface area (Å²) in [7, 11) is -3.63. The van der Waals surface area contributed by atoms with Crippen LogP contribution in [0.5, 0.6) is 0 Å². The predicted molar refractivity (Wildman–Crippen MR) is 106 cm³/mol. The highest BCUT2D eigenvalue weighted by molar-refractivity contribution is 7.89. The fourth-order valence-corrected chi connectivity index (χ4v) is 4.70. The first-order valence-electron chi connectivity index (χ1n) is 9.08. The van der Waals surface area contributed by atoms with Gasteiger partial charge in [-0.05, 0) is 19.1 Å². The van der Waals surface area contributed by atoms with E-state index >= 15 is 0 Å². The van der Waals surface area contributed by atoms with Crippen LogP contribution in [0.3, 0.4) is 0 Å². The molecule has 0 spiro atoms. The van der Waals surface area contributed by atoms with Crippen molar-refractivity contribution in [3.8, 4) is 0 Å². The summed E-state index contributed by atoms with van der Waals surface area (Å²) in [6, 6.07) is 5.98. The van der Waals surface area contributed by atoms with Crippen molar-refractivity contribution in [2.75, 3.05) is 45.9 Å². The van der Waals surface area contributed by atoms with Crippen LogP contribution in [0.2, 0.25) is 0 Å². The Bertz CT molecular complexity index is 786. The molecule has 156 valence electrons. The second kappa shape index (κ2) is 9.80. The van der Waals surface area contributed by atoms with Crippen molar-refractivity contribution in [3.63, 3.8) is 0 Å². The molecule has 2 saturated heterocycles. The normalized spacial score (nSPS) is 21.0. The monoisotopic (exact) mass is 431 g/mol. The summed E-state index contributed by atoms with van der Waals surface area (Å²) >= 11 is 0. The lowest BCUT2D eigenvalue weighted by Gasteiger charge is -2.35. The fraction of sp³-hybridized carbons (Fsp3) is 0.556. The number of hydrogen-bond donors (Lipinski definition) is 1. The number of nitrogens with zero attached hydrogens (tertiary/aromatic N) is 2. The number of ketones is 1. The molecule has 1 amide bonds. The summed E-state index contributed by atoms with van der Waals surface area (Å²) in [6.07, 6.45) is 0.360. The zero-order chi connectivity index (χ0) is 19.4. The molecule has 1 atom stereocenters. The van der Waals surface area contributed by atoms with Gasteiger partial charge in [0.15, 0.2) is 5.78 Å². The number of sulfonamides is 1. The molecule has 0 aliphatic carbocycles. The molecule has 2 heterocycles. The standard InChI is InChI=1S/C18H25N3O5S.ClH/c1-14(22)15-2-4-17(5-3-15)27(24,25)21-9-7-20(8-10-21)18(23)12-16-13-26-11-6-19-16;/h2-5,16,19H,6-13H2,1H3;1H. The molecule has 1 aromatic rings. The van der Waals surface area contributed by atoms with Gasteiger partial charge in [0.25, 0.3) is 0 Å². The molecule has 2 aliphatic rings. The third-order valence-corrected chi connectivity index (χ3v) is 6.82. The zero-order valence-electron chi connectivity index (χ0n) is 15.8. The van der Waals surface area contributed by atoms with E-state index in [0.717, 1.165) is 6.54 Å². The maximum absolute atomic E-state index is 12.8. The van der Waals surface area contributed by atoms with Gasteiger partial charge in [0.05, 0.1) is 18.1 Å². The number of carbonyl (C=O) groups is 2. The van der Waals surface area contributed by atoms with Crippen molar-refractivity contribution in [3.05, 3.63) is 29.8 Å². The highest BCUT2D eigenvalue weighted by Gasteiger charge is 2.31. The van der Waals surface area contributed by atoms with Gasteiger partial charge in [0.1, 0.15) is 0 Å². The van der Waals surface area contributed by atoms with Crippen LogP contribution in [-0.4, -0.2) is 81.3 Å². The van der Waals surface area contributed by atoms with Gasteiger partial charge < -0.3 is 15.0 Å². The van der Waals surface area contributed by atoms with Crippen molar-refractivity contribution in [1.29, 1.82) is 0 Å². The number of piperazine rings is 1. The molecular weight excluding hydrogens is 406 g/mol. The van der Waals surface area contributed by atoms with Crippen LogP contribution in [0.1, 0.15) is 23.7 Å². The maximum atomic E-state index is 12.8. The molecule has 1 N–H and O–H groups in total. The molecule has 0 saturated carbocycles. The lowest BCUT2D eigenvalue weighted by atomic mass is 10.1. The number of benzene rings is 1. The third-order valence-electron chi connectivity index (χ3n) is 4.91. The average Bonchev–Trinajstić information content (AvgIpc) is 2.69. The number of nitrogens with one attached hydrogen (secondary N) is 1. The second-order valence-corrected chi connectivity index (χ2v) is 8.73. The minimum absolute atomic E-state index is 0. The summed E-state index contributed by atoms with van der Waals surface area (Å²) < 4.78 is 32.3. The van der Waals surface area contributed by atoms with E-state index in [-0.39, 0.29) is 48.1 Å². The summed E-state index contributed by atoms with van der Waals surface area (Å²) in [5, 5.41) is 3.25. The lowest BCUT2D eigenvalue weighted by molar-refractivity contribution is -0.133. The highest BCUT2D eigenvalue weighted by Crippen LogP contribution is 2.19. The minimum atomic E-state index is -3.63. The molecule has 0 bridgehead atoms. The topological polar surface area (TPSA) is 96.0 Å². The van der Waals surface area contributed by atoms with Crippen LogP contribution < -0.4 is 5.32 Å². The second-order valence-electron chi connectivity index (χ2n) is 6.80. The number of hydrogen-bond acceptors (Lipinski definition) is 6. The van der Waals surface area contributed by atoms with Gasteiger partial charge in [0.2, 0.25) is 15.9 Å². The van der Waals surface area contributed by atoms with E-state index in [1.165, 1.54) is 35.5 Å². The smallest absolute Gasteiger partial charge is 0.243 e. The summed E-state index contributed by atoms with van der Waals surface area (Å²) in [5.41, 5.74) is 0.477. The Morgan fingerprint density at radius 3 is 2.32 bits per heavy atom. The van der Waals surface area contributed by atoms with Crippen molar-refractivity contribution >= 4 is 34.1 Å². The Labute approximate surface area is 171 Å². The quantitative estimate of drug-likeness (QED) is 0.683. The number of carbonyl (C=O) groups excluding carboxylic acids is 2. The van der Waals surface area contributed by atoms with Crippen LogP contribution >= 0.6 is 12.4 Å². The van der Waals surface area contributed by atoms with Gasteiger partial charge in [0, 0.05) is 50.7 Å². The van der Waals surface area contributed by atoms with Crippen molar-refractivity contribution < 1.29 is 22.7 Å². The summed E-state index contributed by atoms with van der Waals surface area (Å²) in [6.45, 7) is 4.63. The molecule has 2 fully saturated rings. The number of rotatable bonds is 5. The van der Waals surface area contributed by atoms with Gasteiger partial charge in [-0.15, -0.1) is 12.4 Å². The largest absolute Gasteiger partial charge is 0.378 e. The van der Waals surface area contributed by atoms with E-state index in [4.69, 9.17) is 4.74 Å². The number of morpholine rings is 1. The first kappa shape index (κ1) is 22.8. The number of halogens is 1.